The summed E-state index contributed by atoms with van der Waals surface area (Å²) in [6.07, 6.45) is 10.9. The maximum Gasteiger partial charge on any atom is 0.264 e. The van der Waals surface area contributed by atoms with E-state index in [0.29, 0.717) is 5.92 Å². The first-order valence-electron chi connectivity index (χ1n) is 8.16. The smallest absolute Gasteiger partial charge is 0.264 e. The second-order valence-electron chi connectivity index (χ2n) is 6.60. The number of ether oxygens (including phenoxy) is 1. The highest BCUT2D eigenvalue weighted by Gasteiger charge is 2.43. The topological polar surface area (TPSA) is 52.6 Å². The molecule has 3 rings (SSSR count). The Morgan fingerprint density at radius 1 is 1.30 bits per heavy atom. The van der Waals surface area contributed by atoms with Crippen LogP contribution in [-0.4, -0.2) is 28.4 Å². The van der Waals surface area contributed by atoms with Gasteiger partial charge in [-0.2, -0.15) is 8.42 Å². The number of hydrogen-bond donors (Lipinski definition) is 0. The van der Waals surface area contributed by atoms with E-state index < -0.39 is 10.1 Å². The molecule has 0 aliphatic heterocycles. The molecule has 23 heavy (non-hydrogen) atoms. The van der Waals surface area contributed by atoms with Crippen molar-refractivity contribution < 1.29 is 17.3 Å². The van der Waals surface area contributed by atoms with Gasteiger partial charge in [0, 0.05) is 5.41 Å². The standard InChI is InChI=1S/C18H24O4S/c1-21-16-9-7-14-6-8-15-5-3-4-10-18(15,17(14)13-16)11-12-22-23(2,19)20/h6-9,13,15H,3-5,10-12H2,1-2H3/t15-,18+/m0/s1. The lowest BCUT2D eigenvalue weighted by Gasteiger charge is -2.46. The van der Waals surface area contributed by atoms with E-state index in [4.69, 9.17) is 8.92 Å². The monoisotopic (exact) mass is 336 g/mol. The zero-order valence-corrected chi connectivity index (χ0v) is 14.6. The Morgan fingerprint density at radius 3 is 2.87 bits per heavy atom. The van der Waals surface area contributed by atoms with Crippen LogP contribution in [0.5, 0.6) is 5.75 Å². The van der Waals surface area contributed by atoms with Crippen LogP contribution in [0.4, 0.5) is 0 Å². The third-order valence-corrected chi connectivity index (χ3v) is 5.84. The molecule has 2 aliphatic carbocycles. The van der Waals surface area contributed by atoms with Crippen molar-refractivity contribution in [1.29, 1.82) is 0 Å². The molecule has 0 spiro atoms. The second-order valence-corrected chi connectivity index (χ2v) is 8.24. The van der Waals surface area contributed by atoms with E-state index in [0.717, 1.165) is 31.3 Å². The first-order chi connectivity index (χ1) is 10.9. The van der Waals surface area contributed by atoms with Crippen molar-refractivity contribution in [1.82, 2.24) is 0 Å². The molecule has 1 aromatic rings. The molecule has 0 aromatic heterocycles. The lowest BCUT2D eigenvalue weighted by atomic mass is 9.58. The van der Waals surface area contributed by atoms with Gasteiger partial charge in [-0.3, -0.25) is 4.18 Å². The zero-order valence-electron chi connectivity index (χ0n) is 13.7. The summed E-state index contributed by atoms with van der Waals surface area (Å²) in [5, 5.41) is 0. The molecular weight excluding hydrogens is 312 g/mol. The van der Waals surface area contributed by atoms with E-state index in [1.54, 1.807) is 7.11 Å². The Bertz CT molecular complexity index is 708. The fraction of sp³-hybridized carbons (Fsp3) is 0.556. The molecule has 5 heteroatoms. The van der Waals surface area contributed by atoms with Crippen molar-refractivity contribution in [2.24, 2.45) is 5.92 Å². The maximum atomic E-state index is 11.3. The summed E-state index contributed by atoms with van der Waals surface area (Å²) in [4.78, 5) is 0. The SMILES string of the molecule is COc1ccc2c(c1)[C@@]1(CCOS(C)(=O)=O)CCCC[C@H]1C=C2. The quantitative estimate of drug-likeness (QED) is 0.772. The fourth-order valence-corrected chi connectivity index (χ4v) is 4.55. The molecule has 0 heterocycles. The predicted octanol–water partition coefficient (Wildman–Crippen LogP) is 3.52. The molecule has 0 bridgehead atoms. The molecule has 1 fully saturated rings. The van der Waals surface area contributed by atoms with Gasteiger partial charge in [0.25, 0.3) is 10.1 Å². The highest BCUT2D eigenvalue weighted by Crippen LogP contribution is 2.51. The Hall–Kier alpha value is -1.33. The first-order valence-corrected chi connectivity index (χ1v) is 9.97. The number of benzene rings is 1. The van der Waals surface area contributed by atoms with E-state index in [-0.39, 0.29) is 12.0 Å². The van der Waals surface area contributed by atoms with Gasteiger partial charge in [-0.1, -0.05) is 31.1 Å². The van der Waals surface area contributed by atoms with Gasteiger partial charge in [0.05, 0.1) is 20.0 Å². The summed E-state index contributed by atoms with van der Waals surface area (Å²) >= 11 is 0. The van der Waals surface area contributed by atoms with Crippen LogP contribution in [0.25, 0.3) is 6.08 Å². The molecule has 1 saturated carbocycles. The van der Waals surface area contributed by atoms with Gasteiger partial charge >= 0.3 is 0 Å². The Kier molecular flexibility index (Phi) is 4.52. The molecular formula is C18H24O4S. The van der Waals surface area contributed by atoms with Gasteiger partial charge in [-0.25, -0.2) is 0 Å². The van der Waals surface area contributed by atoms with Crippen LogP contribution in [0.1, 0.15) is 43.2 Å². The number of allylic oxidation sites excluding steroid dienone is 1. The summed E-state index contributed by atoms with van der Waals surface area (Å²) < 4.78 is 33.1. The Balaban J connectivity index is 1.97. The summed E-state index contributed by atoms with van der Waals surface area (Å²) in [7, 11) is -1.72. The lowest BCUT2D eigenvalue weighted by Crippen LogP contribution is -2.40. The molecule has 2 aliphatic rings. The largest absolute Gasteiger partial charge is 0.497 e. The second kappa shape index (κ2) is 6.29. The fourth-order valence-electron chi connectivity index (χ4n) is 4.16. The van der Waals surface area contributed by atoms with Crippen LogP contribution in [0.2, 0.25) is 0 Å². The van der Waals surface area contributed by atoms with Crippen molar-refractivity contribution in [3.05, 3.63) is 35.4 Å². The minimum Gasteiger partial charge on any atom is -0.497 e. The number of fused-ring (bicyclic) bond motifs is 3. The van der Waals surface area contributed by atoms with Crippen molar-refractivity contribution in [2.75, 3.05) is 20.0 Å². The Labute approximate surface area is 138 Å². The molecule has 0 saturated heterocycles. The van der Waals surface area contributed by atoms with Gasteiger partial charge in [0.2, 0.25) is 0 Å². The van der Waals surface area contributed by atoms with Gasteiger partial charge in [-0.15, -0.1) is 0 Å². The first kappa shape index (κ1) is 16.5. The van der Waals surface area contributed by atoms with E-state index in [1.165, 1.54) is 24.0 Å². The van der Waals surface area contributed by atoms with Crippen molar-refractivity contribution in [3.8, 4) is 5.75 Å². The molecule has 0 N–H and O–H groups in total. The highest BCUT2D eigenvalue weighted by atomic mass is 32.2. The minimum atomic E-state index is -3.40. The molecule has 0 radical (unpaired) electrons. The average Bonchev–Trinajstić information content (AvgIpc) is 2.53. The summed E-state index contributed by atoms with van der Waals surface area (Å²) in [5.74, 6) is 1.30. The van der Waals surface area contributed by atoms with E-state index in [2.05, 4.69) is 24.3 Å². The molecule has 4 nitrogen and oxygen atoms in total. The number of rotatable bonds is 5. The summed E-state index contributed by atoms with van der Waals surface area (Å²) in [6, 6.07) is 6.19. The molecule has 1 aromatic carbocycles. The van der Waals surface area contributed by atoms with E-state index in [1.807, 2.05) is 6.07 Å². The number of hydrogen-bond acceptors (Lipinski definition) is 4. The van der Waals surface area contributed by atoms with Crippen LogP contribution in [-0.2, 0) is 19.7 Å². The van der Waals surface area contributed by atoms with Crippen LogP contribution < -0.4 is 4.74 Å². The predicted molar refractivity (Wildman–Crippen MR) is 91.1 cm³/mol. The van der Waals surface area contributed by atoms with Crippen LogP contribution in [0.3, 0.4) is 0 Å². The molecule has 0 unspecified atom stereocenters. The minimum absolute atomic E-state index is 0.0401. The van der Waals surface area contributed by atoms with Crippen LogP contribution in [0.15, 0.2) is 24.3 Å². The van der Waals surface area contributed by atoms with Gasteiger partial charge in [0.15, 0.2) is 0 Å². The van der Waals surface area contributed by atoms with Gasteiger partial charge in [-0.05, 0) is 48.4 Å². The van der Waals surface area contributed by atoms with E-state index >= 15 is 0 Å². The summed E-state index contributed by atoms with van der Waals surface area (Å²) in [6.45, 7) is 0.236. The molecule has 126 valence electrons. The maximum absolute atomic E-state index is 11.3. The normalized spacial score (nSPS) is 26.4. The summed E-state index contributed by atoms with van der Waals surface area (Å²) in [5.41, 5.74) is 2.45. The van der Waals surface area contributed by atoms with Crippen LogP contribution >= 0.6 is 0 Å². The third-order valence-electron chi connectivity index (χ3n) is 5.25. The van der Waals surface area contributed by atoms with Crippen molar-refractivity contribution in [2.45, 2.75) is 37.5 Å². The lowest BCUT2D eigenvalue weighted by molar-refractivity contribution is 0.170. The number of methoxy groups -OCH3 is 1. The Morgan fingerprint density at radius 2 is 2.13 bits per heavy atom. The van der Waals surface area contributed by atoms with Crippen molar-refractivity contribution >= 4 is 16.2 Å². The molecule has 0 amide bonds. The average molecular weight is 336 g/mol. The van der Waals surface area contributed by atoms with Crippen molar-refractivity contribution in [3.63, 3.8) is 0 Å². The van der Waals surface area contributed by atoms with E-state index in [9.17, 15) is 8.42 Å². The van der Waals surface area contributed by atoms with Gasteiger partial charge < -0.3 is 4.74 Å². The molecule has 2 atom stereocenters. The van der Waals surface area contributed by atoms with Gasteiger partial charge in [0.1, 0.15) is 5.75 Å². The zero-order chi connectivity index (χ0) is 16.5. The van der Waals surface area contributed by atoms with Crippen LogP contribution in [0, 0.1) is 5.92 Å². The third kappa shape index (κ3) is 3.31. The highest BCUT2D eigenvalue weighted by molar-refractivity contribution is 7.85.